The van der Waals surface area contributed by atoms with Crippen molar-refractivity contribution in [2.45, 2.75) is 24.3 Å². The van der Waals surface area contributed by atoms with Crippen LogP contribution in [-0.2, 0) is 19.2 Å². The number of amides is 2. The zero-order chi connectivity index (χ0) is 23.0. The number of β-lactam (4-membered cyclic amide) rings is 1. The third-order valence-corrected chi connectivity index (χ3v) is 7.93. The minimum absolute atomic E-state index is 0. The highest BCUT2D eigenvalue weighted by Crippen LogP contribution is 2.41. The summed E-state index contributed by atoms with van der Waals surface area (Å²) < 4.78 is 0.785. The van der Waals surface area contributed by atoms with Gasteiger partial charge in [-0.25, -0.2) is 9.78 Å². The Bertz CT molecular complexity index is 1040. The molecule has 2 saturated heterocycles. The molecule has 35 heavy (non-hydrogen) atoms. The molecule has 2 atom stereocenters. The maximum Gasteiger partial charge on any atom is 1.00 e. The van der Waals surface area contributed by atoms with Crippen molar-refractivity contribution in [2.75, 3.05) is 45.3 Å². The molecule has 1 aromatic rings. The summed E-state index contributed by atoms with van der Waals surface area (Å²) in [5, 5.41) is 17.6. The van der Waals surface area contributed by atoms with Gasteiger partial charge < -0.3 is 55.8 Å². The number of likely N-dealkylation sites (N-methyl/N-ethyl adjacent to an activating group) is 1. The molecule has 0 aromatic carbocycles. The van der Waals surface area contributed by atoms with Gasteiger partial charge in [-0.2, -0.15) is 0 Å². The number of carboxylic acids is 1. The van der Waals surface area contributed by atoms with Gasteiger partial charge in [0.1, 0.15) is 36.5 Å². The summed E-state index contributed by atoms with van der Waals surface area (Å²) in [6.07, 6.45) is 2.24. The number of carbonyl (C=O) groups excluding carboxylic acids is 2. The van der Waals surface area contributed by atoms with Crippen molar-refractivity contribution in [1.82, 2.24) is 15.2 Å². The lowest BCUT2D eigenvalue weighted by Gasteiger charge is -2.49. The van der Waals surface area contributed by atoms with Crippen LogP contribution in [0.4, 0.5) is 5.13 Å². The van der Waals surface area contributed by atoms with Gasteiger partial charge in [-0.05, 0) is 0 Å². The minimum Gasteiger partial charge on any atom is -1.00 e. The molecule has 2 fully saturated rings. The monoisotopic (exact) mass is 570 g/mol. The van der Waals surface area contributed by atoms with Gasteiger partial charge in [-0.3, -0.25) is 14.5 Å². The lowest BCUT2D eigenvalue weighted by Crippen LogP contribution is -3.00. The minimum atomic E-state index is -1.12. The Kier molecular flexibility index (Phi) is 10.8. The first-order valence-electron chi connectivity index (χ1n) is 10.1. The molecule has 2 unspecified atom stereocenters. The fourth-order valence-corrected chi connectivity index (χ4v) is 6.31. The summed E-state index contributed by atoms with van der Waals surface area (Å²) in [4.78, 5) is 47.9. The van der Waals surface area contributed by atoms with Gasteiger partial charge in [0.05, 0.1) is 20.1 Å². The predicted octanol–water partition coefficient (Wildman–Crippen LogP) is -6.65. The molecule has 1 aromatic heterocycles. The number of hydrogen-bond donors (Lipinski definition) is 3. The molecule has 12 nitrogen and oxygen atoms in total. The molecule has 4 heterocycles. The van der Waals surface area contributed by atoms with Gasteiger partial charge in [0.15, 0.2) is 10.8 Å². The van der Waals surface area contributed by atoms with Crippen LogP contribution in [0.3, 0.4) is 0 Å². The van der Waals surface area contributed by atoms with Crippen molar-refractivity contribution in [3.05, 3.63) is 22.3 Å². The number of rotatable bonds is 7. The maximum absolute atomic E-state index is 12.9. The SMILES string of the molecule is CO/N=C(/C(=O)NC1C(=O)N2C(C(=O)O)=C(C[N+]3(C)CCCC3)CSC12)c1csc(N)n1.O.[Cl-].[Cl-].[H+]. The number of nitrogens with one attached hydrogen (secondary N) is 1. The molecule has 0 radical (unpaired) electrons. The molecule has 3 aliphatic rings. The molecule has 3 aliphatic heterocycles. The smallest absolute Gasteiger partial charge is 1.00 e. The molecule has 4 rings (SSSR count). The number of thiazole rings is 1. The van der Waals surface area contributed by atoms with E-state index >= 15 is 0 Å². The van der Waals surface area contributed by atoms with Crippen LogP contribution in [0.15, 0.2) is 21.8 Å². The molecule has 0 aliphatic carbocycles. The number of nitrogen functional groups attached to an aromatic ring is 1. The second kappa shape index (κ2) is 12.2. The second-order valence-corrected chi connectivity index (χ2v) is 10.2. The molecule has 0 saturated carbocycles. The zero-order valence-corrected chi connectivity index (χ0v) is 22.1. The fraction of sp³-hybridized carbons (Fsp3) is 0.526. The standard InChI is InChI=1S/C19H24N6O5S2.2ClH.H2O/c1-25(5-3-4-6-25)7-10-8-31-17-13(16(27)24(17)14(10)18(28)29)22-15(26)12(23-30-2)11-9-32-19(20)21-11;;;/h9,13,17H,3-8H2,1-2H3,(H3-,20,21,22,26,28,29);2*1H;1H2/b23-12+;;;. The van der Waals surface area contributed by atoms with Crippen molar-refractivity contribution in [3.63, 3.8) is 0 Å². The lowest BCUT2D eigenvalue weighted by atomic mass is 10.0. The quantitative estimate of drug-likeness (QED) is 0.125. The molecule has 196 valence electrons. The summed E-state index contributed by atoms with van der Waals surface area (Å²) in [6.45, 7) is 2.61. The number of anilines is 1. The number of hydrogen-bond acceptors (Lipinski definition) is 9. The Balaban J connectivity index is 0.00000306. The van der Waals surface area contributed by atoms with Crippen molar-refractivity contribution in [2.24, 2.45) is 5.16 Å². The number of thioether (sulfide) groups is 1. The zero-order valence-electron chi connectivity index (χ0n) is 20.0. The third kappa shape index (κ3) is 6.01. The largest absolute Gasteiger partial charge is 1.00 e. The molecule has 0 bridgehead atoms. The number of carbonyl (C=O) groups is 3. The van der Waals surface area contributed by atoms with Crippen LogP contribution in [0.5, 0.6) is 0 Å². The fourth-order valence-electron chi connectivity index (χ4n) is 4.42. The molecule has 2 amide bonds. The van der Waals surface area contributed by atoms with Crippen LogP contribution in [0.1, 0.15) is 20.0 Å². The number of aliphatic carboxylic acids is 1. The van der Waals surface area contributed by atoms with E-state index in [-0.39, 0.29) is 54.0 Å². The van der Waals surface area contributed by atoms with E-state index in [0.29, 0.717) is 12.3 Å². The number of likely N-dealkylation sites (tertiary alicyclic amines) is 1. The van der Waals surface area contributed by atoms with E-state index in [1.807, 2.05) is 0 Å². The summed E-state index contributed by atoms with van der Waals surface area (Å²) in [5.41, 5.74) is 6.59. The first-order chi connectivity index (χ1) is 15.2. The van der Waals surface area contributed by atoms with Crippen LogP contribution in [0, 0.1) is 0 Å². The number of halogens is 2. The summed E-state index contributed by atoms with van der Waals surface area (Å²) in [5.74, 6) is -1.71. The first kappa shape index (κ1) is 30.9. The van der Waals surface area contributed by atoms with E-state index in [1.54, 1.807) is 5.38 Å². The summed E-state index contributed by atoms with van der Waals surface area (Å²) >= 11 is 2.61. The second-order valence-electron chi connectivity index (χ2n) is 8.24. The van der Waals surface area contributed by atoms with E-state index in [4.69, 9.17) is 10.6 Å². The maximum atomic E-state index is 12.9. The van der Waals surface area contributed by atoms with E-state index in [2.05, 4.69) is 22.5 Å². The van der Waals surface area contributed by atoms with E-state index in [1.165, 1.54) is 23.8 Å². The van der Waals surface area contributed by atoms with Gasteiger partial charge >= 0.3 is 7.40 Å². The van der Waals surface area contributed by atoms with Gasteiger partial charge in [-0.15, -0.1) is 23.1 Å². The van der Waals surface area contributed by atoms with Crippen LogP contribution in [0.2, 0.25) is 0 Å². The van der Waals surface area contributed by atoms with E-state index in [0.717, 1.165) is 47.3 Å². The van der Waals surface area contributed by atoms with Gasteiger partial charge in [0, 0.05) is 29.5 Å². The highest BCUT2D eigenvalue weighted by atomic mass is 35.5. The molecule has 16 heteroatoms. The number of carboxylic acid groups (broad SMARTS) is 1. The highest BCUT2D eigenvalue weighted by molar-refractivity contribution is 8.00. The number of quaternary nitrogens is 1. The van der Waals surface area contributed by atoms with Gasteiger partial charge in [0.2, 0.25) is 0 Å². The topological polar surface area (TPSA) is 179 Å². The molecule has 6 N–H and O–H groups in total. The molecular formula is C19H28Cl2N6O6S2. The van der Waals surface area contributed by atoms with Crippen molar-refractivity contribution in [3.8, 4) is 0 Å². The van der Waals surface area contributed by atoms with Crippen LogP contribution < -0.4 is 35.9 Å². The highest BCUT2D eigenvalue weighted by Gasteiger charge is 2.55. The molecule has 0 spiro atoms. The van der Waals surface area contributed by atoms with Gasteiger partial charge in [0.25, 0.3) is 11.8 Å². The number of fused-ring (bicyclic) bond motifs is 1. The van der Waals surface area contributed by atoms with Crippen LogP contribution in [0.25, 0.3) is 0 Å². The predicted molar refractivity (Wildman–Crippen MR) is 125 cm³/mol. The summed E-state index contributed by atoms with van der Waals surface area (Å²) in [6, 6.07) is -0.863. The van der Waals surface area contributed by atoms with Crippen LogP contribution >= 0.6 is 23.1 Å². The van der Waals surface area contributed by atoms with E-state index < -0.39 is 29.2 Å². The van der Waals surface area contributed by atoms with Crippen molar-refractivity contribution < 1.29 is 60.5 Å². The Morgan fingerprint density at radius 3 is 2.60 bits per heavy atom. The number of nitrogens with zero attached hydrogens (tertiary/aromatic N) is 4. The Hall–Kier alpha value is -2.10. The number of oxime groups is 1. The lowest BCUT2D eigenvalue weighted by molar-refractivity contribution is -0.893. The number of aromatic nitrogens is 1. The van der Waals surface area contributed by atoms with Crippen molar-refractivity contribution in [1.29, 1.82) is 0 Å². The first-order valence-corrected chi connectivity index (χ1v) is 12.0. The average Bonchev–Trinajstić information content (AvgIpc) is 3.37. The van der Waals surface area contributed by atoms with Crippen LogP contribution in [-0.4, -0.2) is 99.4 Å². The third-order valence-electron chi connectivity index (χ3n) is 5.92. The average molecular weight is 572 g/mol. The van der Waals surface area contributed by atoms with E-state index in [9.17, 15) is 19.5 Å². The Morgan fingerprint density at radius 2 is 2.06 bits per heavy atom. The van der Waals surface area contributed by atoms with Crippen molar-refractivity contribution >= 4 is 51.7 Å². The Labute approximate surface area is 224 Å². The molecular weight excluding hydrogens is 543 g/mol. The normalized spacial score (nSPS) is 22.6. The summed E-state index contributed by atoms with van der Waals surface area (Å²) in [7, 11) is 3.42. The number of nitrogens with two attached hydrogens (primary N) is 1. The Morgan fingerprint density at radius 1 is 1.40 bits per heavy atom. The van der Waals surface area contributed by atoms with Gasteiger partial charge in [-0.1, -0.05) is 5.16 Å².